The van der Waals surface area contributed by atoms with Crippen molar-refractivity contribution < 1.29 is 4.74 Å². The van der Waals surface area contributed by atoms with Crippen LogP contribution >= 0.6 is 0 Å². The quantitative estimate of drug-likeness (QED) is 0.749. The van der Waals surface area contributed by atoms with E-state index in [9.17, 15) is 10.1 Å². The van der Waals surface area contributed by atoms with Crippen molar-refractivity contribution in [2.75, 3.05) is 0 Å². The third-order valence-electron chi connectivity index (χ3n) is 5.16. The Balaban J connectivity index is 1.92. The van der Waals surface area contributed by atoms with E-state index in [2.05, 4.69) is 11.1 Å². The molecule has 6 nitrogen and oxygen atoms in total. The highest BCUT2D eigenvalue weighted by atomic mass is 16.5. The summed E-state index contributed by atoms with van der Waals surface area (Å²) < 4.78 is 7.36. The summed E-state index contributed by atoms with van der Waals surface area (Å²) in [4.78, 5) is 17.7. The number of allylic oxidation sites excluding steroid dienone is 1. The average molecular weight is 384 g/mol. The lowest BCUT2D eigenvalue weighted by molar-refractivity contribution is 0.389. The normalized spacial score (nSPS) is 15.4. The molecule has 0 bridgehead atoms. The van der Waals surface area contributed by atoms with Crippen molar-refractivity contribution in [1.29, 1.82) is 5.26 Å². The summed E-state index contributed by atoms with van der Waals surface area (Å²) in [7, 11) is 0. The Bertz CT molecular complexity index is 1200. The van der Waals surface area contributed by atoms with Crippen molar-refractivity contribution in [2.24, 2.45) is 5.73 Å². The second-order valence-electron chi connectivity index (χ2n) is 7.15. The number of nitriles is 1. The maximum absolute atomic E-state index is 13.5. The van der Waals surface area contributed by atoms with Gasteiger partial charge in [0, 0.05) is 24.2 Å². The van der Waals surface area contributed by atoms with Crippen molar-refractivity contribution in [3.8, 4) is 11.8 Å². The lowest BCUT2D eigenvalue weighted by Gasteiger charge is -2.27. The van der Waals surface area contributed by atoms with E-state index in [1.807, 2.05) is 50.2 Å². The first-order valence-corrected chi connectivity index (χ1v) is 9.27. The van der Waals surface area contributed by atoms with Gasteiger partial charge in [0.1, 0.15) is 17.4 Å². The molecule has 0 saturated carbocycles. The maximum Gasteiger partial charge on any atom is 0.259 e. The Morgan fingerprint density at radius 3 is 2.66 bits per heavy atom. The average Bonchev–Trinajstić information content (AvgIpc) is 2.71. The van der Waals surface area contributed by atoms with E-state index < -0.39 is 5.92 Å². The van der Waals surface area contributed by atoms with Gasteiger partial charge in [-0.2, -0.15) is 5.26 Å². The monoisotopic (exact) mass is 384 g/mol. The summed E-state index contributed by atoms with van der Waals surface area (Å²) in [6.07, 6.45) is 3.43. The van der Waals surface area contributed by atoms with Gasteiger partial charge in [0.05, 0.1) is 18.0 Å². The van der Waals surface area contributed by atoms with Gasteiger partial charge in [0.2, 0.25) is 5.88 Å². The summed E-state index contributed by atoms with van der Waals surface area (Å²) in [5.41, 5.74) is 10.1. The van der Waals surface area contributed by atoms with Crippen molar-refractivity contribution in [2.45, 2.75) is 26.3 Å². The number of aryl methyl sites for hydroxylation is 2. The maximum atomic E-state index is 13.5. The summed E-state index contributed by atoms with van der Waals surface area (Å²) in [6, 6.07) is 15.5. The van der Waals surface area contributed by atoms with Gasteiger partial charge in [-0.1, -0.05) is 35.9 Å². The van der Waals surface area contributed by atoms with Crippen molar-refractivity contribution in [3.63, 3.8) is 0 Å². The van der Waals surface area contributed by atoms with Crippen LogP contribution in [0.2, 0.25) is 0 Å². The van der Waals surface area contributed by atoms with Gasteiger partial charge < -0.3 is 15.0 Å². The SMILES string of the molecule is Cc1ccc(C2C(C#N)=C(N)Oc3cc(C)n(Cc4cccnc4)c(=O)c32)cc1. The van der Waals surface area contributed by atoms with Crippen LogP contribution in [0.3, 0.4) is 0 Å². The molecular weight excluding hydrogens is 364 g/mol. The van der Waals surface area contributed by atoms with Gasteiger partial charge in [-0.15, -0.1) is 0 Å². The largest absolute Gasteiger partial charge is 0.440 e. The van der Waals surface area contributed by atoms with E-state index in [-0.39, 0.29) is 17.0 Å². The van der Waals surface area contributed by atoms with Crippen molar-refractivity contribution >= 4 is 0 Å². The fraction of sp³-hybridized carbons (Fsp3) is 0.174. The Hall–Kier alpha value is -3.85. The third-order valence-corrected chi connectivity index (χ3v) is 5.16. The van der Waals surface area contributed by atoms with Crippen LogP contribution in [-0.4, -0.2) is 9.55 Å². The zero-order valence-electron chi connectivity index (χ0n) is 16.2. The number of nitrogens with zero attached hydrogens (tertiary/aromatic N) is 3. The number of fused-ring (bicyclic) bond motifs is 1. The molecule has 0 fully saturated rings. The van der Waals surface area contributed by atoms with Crippen LogP contribution in [-0.2, 0) is 6.54 Å². The van der Waals surface area contributed by atoms with Crippen molar-refractivity contribution in [1.82, 2.24) is 9.55 Å². The molecule has 3 aromatic rings. The first-order chi connectivity index (χ1) is 14.0. The van der Waals surface area contributed by atoms with Crippen LogP contribution in [0.25, 0.3) is 0 Å². The van der Waals surface area contributed by atoms with Gasteiger partial charge in [0.15, 0.2) is 0 Å². The Labute approximate surface area is 168 Å². The molecule has 1 atom stereocenters. The molecule has 1 aliphatic rings. The van der Waals surface area contributed by atoms with E-state index in [1.165, 1.54) is 0 Å². The number of benzene rings is 1. The van der Waals surface area contributed by atoms with E-state index in [1.54, 1.807) is 23.0 Å². The van der Waals surface area contributed by atoms with Crippen LogP contribution < -0.4 is 16.0 Å². The molecule has 1 unspecified atom stereocenters. The smallest absolute Gasteiger partial charge is 0.259 e. The molecule has 0 aliphatic carbocycles. The number of pyridine rings is 2. The molecule has 29 heavy (non-hydrogen) atoms. The number of ether oxygens (including phenoxy) is 1. The molecule has 4 rings (SSSR count). The Morgan fingerprint density at radius 2 is 2.00 bits per heavy atom. The minimum absolute atomic E-state index is 0.0365. The Kier molecular flexibility index (Phi) is 4.65. The molecule has 6 heteroatoms. The molecule has 0 saturated heterocycles. The van der Waals surface area contributed by atoms with Gasteiger partial charge in [-0.05, 0) is 31.0 Å². The molecule has 3 heterocycles. The van der Waals surface area contributed by atoms with Crippen LogP contribution in [0.15, 0.2) is 71.1 Å². The fourth-order valence-electron chi connectivity index (χ4n) is 3.65. The highest BCUT2D eigenvalue weighted by Crippen LogP contribution is 2.40. The standard InChI is InChI=1S/C23H20N4O2/c1-14-5-7-17(8-6-14)20-18(11-24)22(25)29-19-10-15(2)27(23(28)21(19)20)13-16-4-3-9-26-12-16/h3-10,12,20H,13,25H2,1-2H3. The predicted molar refractivity (Wildman–Crippen MR) is 109 cm³/mol. The van der Waals surface area contributed by atoms with Gasteiger partial charge in [-0.3, -0.25) is 9.78 Å². The van der Waals surface area contributed by atoms with E-state index in [0.717, 1.165) is 22.4 Å². The summed E-state index contributed by atoms with van der Waals surface area (Å²) in [5, 5.41) is 9.74. The number of hydrogen-bond acceptors (Lipinski definition) is 5. The number of aromatic nitrogens is 2. The molecule has 1 aliphatic heterocycles. The minimum atomic E-state index is -0.572. The third kappa shape index (κ3) is 3.27. The molecule has 0 amide bonds. The van der Waals surface area contributed by atoms with Gasteiger partial charge in [-0.25, -0.2) is 0 Å². The molecule has 0 radical (unpaired) electrons. The van der Waals surface area contributed by atoms with E-state index in [4.69, 9.17) is 10.5 Å². The molecular formula is C23H20N4O2. The highest BCUT2D eigenvalue weighted by molar-refractivity contribution is 5.55. The van der Waals surface area contributed by atoms with E-state index in [0.29, 0.717) is 17.9 Å². The van der Waals surface area contributed by atoms with Gasteiger partial charge in [0.25, 0.3) is 5.56 Å². The van der Waals surface area contributed by atoms with Crippen LogP contribution in [0, 0.1) is 25.2 Å². The first kappa shape index (κ1) is 18.5. The first-order valence-electron chi connectivity index (χ1n) is 9.27. The van der Waals surface area contributed by atoms with Crippen LogP contribution in [0.5, 0.6) is 5.75 Å². The topological polar surface area (TPSA) is 93.9 Å². The van der Waals surface area contributed by atoms with Crippen molar-refractivity contribution in [3.05, 3.63) is 105 Å². The number of hydrogen-bond donors (Lipinski definition) is 1. The van der Waals surface area contributed by atoms with Crippen LogP contribution in [0.4, 0.5) is 0 Å². The lowest BCUT2D eigenvalue weighted by atomic mass is 9.83. The Morgan fingerprint density at radius 1 is 1.24 bits per heavy atom. The molecule has 0 spiro atoms. The number of rotatable bonds is 3. The van der Waals surface area contributed by atoms with E-state index >= 15 is 0 Å². The van der Waals surface area contributed by atoms with Gasteiger partial charge >= 0.3 is 0 Å². The summed E-state index contributed by atoms with van der Waals surface area (Å²) >= 11 is 0. The molecule has 2 aromatic heterocycles. The second-order valence-corrected chi connectivity index (χ2v) is 7.15. The predicted octanol–water partition coefficient (Wildman–Crippen LogP) is 3.13. The zero-order valence-corrected chi connectivity index (χ0v) is 16.2. The van der Waals surface area contributed by atoms with Crippen LogP contribution in [0.1, 0.15) is 33.9 Å². The number of nitrogens with two attached hydrogens (primary N) is 1. The zero-order chi connectivity index (χ0) is 20.5. The summed E-state index contributed by atoms with van der Waals surface area (Å²) in [5.74, 6) is -0.135. The summed E-state index contributed by atoms with van der Waals surface area (Å²) in [6.45, 7) is 4.22. The second kappa shape index (κ2) is 7.28. The molecule has 1 aromatic carbocycles. The molecule has 144 valence electrons. The lowest BCUT2D eigenvalue weighted by Crippen LogP contribution is -2.33. The minimum Gasteiger partial charge on any atom is -0.440 e. The molecule has 2 N–H and O–H groups in total. The fourth-order valence-corrected chi connectivity index (χ4v) is 3.65. The highest BCUT2D eigenvalue weighted by Gasteiger charge is 2.34.